The van der Waals surface area contributed by atoms with Crippen LogP contribution >= 0.6 is 0 Å². The van der Waals surface area contributed by atoms with Crippen LogP contribution in [0.4, 0.5) is 0 Å². The summed E-state index contributed by atoms with van der Waals surface area (Å²) in [5.41, 5.74) is 0.407. The Morgan fingerprint density at radius 1 is 1.17 bits per heavy atom. The third-order valence-electron chi connectivity index (χ3n) is 3.58. The average molecular weight is 354 g/mol. The standard InChI is InChI=1S/C15H14O8S/c16-10-6-11(17)13-12(7-10)22-15(18,14(13)23-24(19,20)21)8-9-4-2-1-3-5-9/h1-7,14,16-18H,8H2,(H,19,20,21). The molecule has 0 aliphatic carbocycles. The Morgan fingerprint density at radius 2 is 1.83 bits per heavy atom. The van der Waals surface area contributed by atoms with Gasteiger partial charge in [-0.15, -0.1) is 0 Å². The summed E-state index contributed by atoms with van der Waals surface area (Å²) in [5, 5.41) is 30.3. The van der Waals surface area contributed by atoms with Crippen LogP contribution in [0.25, 0.3) is 0 Å². The van der Waals surface area contributed by atoms with Gasteiger partial charge in [-0.3, -0.25) is 4.55 Å². The van der Waals surface area contributed by atoms with E-state index in [4.69, 9.17) is 9.29 Å². The molecule has 0 fully saturated rings. The smallest absolute Gasteiger partial charge is 0.398 e. The molecule has 2 aromatic carbocycles. The second kappa shape index (κ2) is 5.64. The van der Waals surface area contributed by atoms with Crippen molar-refractivity contribution in [1.29, 1.82) is 0 Å². The van der Waals surface area contributed by atoms with Gasteiger partial charge >= 0.3 is 10.4 Å². The Morgan fingerprint density at radius 3 is 2.46 bits per heavy atom. The lowest BCUT2D eigenvalue weighted by atomic mass is 9.96. The molecule has 0 spiro atoms. The van der Waals surface area contributed by atoms with Crippen LogP contribution < -0.4 is 4.74 Å². The zero-order valence-corrected chi connectivity index (χ0v) is 13.0. The first-order valence-corrected chi connectivity index (χ1v) is 8.21. The van der Waals surface area contributed by atoms with Crippen molar-refractivity contribution in [2.75, 3.05) is 0 Å². The van der Waals surface area contributed by atoms with Gasteiger partial charge in [0.05, 0.1) is 5.56 Å². The molecule has 3 rings (SSSR count). The summed E-state index contributed by atoms with van der Waals surface area (Å²) in [7, 11) is -4.95. The molecule has 0 radical (unpaired) electrons. The van der Waals surface area contributed by atoms with Crippen molar-refractivity contribution in [3.8, 4) is 17.2 Å². The van der Waals surface area contributed by atoms with E-state index in [1.807, 2.05) is 0 Å². The summed E-state index contributed by atoms with van der Waals surface area (Å²) in [5.74, 6) is -3.26. The summed E-state index contributed by atoms with van der Waals surface area (Å²) in [4.78, 5) is 0. The van der Waals surface area contributed by atoms with E-state index < -0.39 is 28.0 Å². The van der Waals surface area contributed by atoms with Crippen LogP contribution in [0.1, 0.15) is 17.2 Å². The molecule has 1 aliphatic heterocycles. The largest absolute Gasteiger partial charge is 0.508 e. The zero-order chi connectivity index (χ0) is 17.5. The molecule has 0 saturated carbocycles. The molecule has 0 saturated heterocycles. The fourth-order valence-electron chi connectivity index (χ4n) is 2.68. The maximum absolute atomic E-state index is 11.2. The molecule has 4 N–H and O–H groups in total. The minimum Gasteiger partial charge on any atom is -0.508 e. The Balaban J connectivity index is 2.07. The molecule has 1 heterocycles. The SMILES string of the molecule is O=S(=O)(O)OC1c2c(O)cc(O)cc2OC1(O)Cc1ccccc1. The van der Waals surface area contributed by atoms with Gasteiger partial charge in [-0.2, -0.15) is 8.42 Å². The van der Waals surface area contributed by atoms with Crippen molar-refractivity contribution in [1.82, 2.24) is 0 Å². The summed E-state index contributed by atoms with van der Waals surface area (Å²) in [6, 6.07) is 10.6. The minimum absolute atomic E-state index is 0.153. The van der Waals surface area contributed by atoms with Crippen molar-refractivity contribution in [2.24, 2.45) is 0 Å². The predicted molar refractivity (Wildman–Crippen MR) is 80.9 cm³/mol. The van der Waals surface area contributed by atoms with E-state index in [0.29, 0.717) is 5.56 Å². The number of aliphatic hydroxyl groups is 1. The number of fused-ring (bicyclic) bond motifs is 1. The van der Waals surface area contributed by atoms with Gasteiger partial charge in [0.2, 0.25) is 5.79 Å². The quantitative estimate of drug-likeness (QED) is 0.604. The highest BCUT2D eigenvalue weighted by Gasteiger charge is 2.52. The molecule has 2 aromatic rings. The van der Waals surface area contributed by atoms with Crippen molar-refractivity contribution in [3.63, 3.8) is 0 Å². The molecule has 0 bridgehead atoms. The second-order valence-electron chi connectivity index (χ2n) is 5.39. The van der Waals surface area contributed by atoms with Crippen LogP contribution in [0.3, 0.4) is 0 Å². The Bertz CT molecular complexity index is 865. The number of aromatic hydroxyl groups is 2. The summed E-state index contributed by atoms with van der Waals surface area (Å²) < 4.78 is 41.2. The van der Waals surface area contributed by atoms with E-state index in [-0.39, 0.29) is 23.5 Å². The highest BCUT2D eigenvalue weighted by atomic mass is 32.3. The van der Waals surface area contributed by atoms with Gasteiger partial charge in [0.25, 0.3) is 0 Å². The average Bonchev–Trinajstić information content (AvgIpc) is 2.70. The number of ether oxygens (including phenoxy) is 1. The molecular weight excluding hydrogens is 340 g/mol. The highest BCUT2D eigenvalue weighted by molar-refractivity contribution is 7.80. The highest BCUT2D eigenvalue weighted by Crippen LogP contribution is 2.51. The monoisotopic (exact) mass is 354 g/mol. The van der Waals surface area contributed by atoms with Gasteiger partial charge in [-0.05, 0) is 5.56 Å². The van der Waals surface area contributed by atoms with Gasteiger partial charge in [-0.25, -0.2) is 4.18 Å². The number of phenols is 2. The molecule has 9 heteroatoms. The van der Waals surface area contributed by atoms with Gasteiger partial charge in [-0.1, -0.05) is 30.3 Å². The van der Waals surface area contributed by atoms with E-state index in [0.717, 1.165) is 12.1 Å². The van der Waals surface area contributed by atoms with Gasteiger partial charge in [0.1, 0.15) is 17.2 Å². The first-order chi connectivity index (χ1) is 11.2. The molecule has 2 atom stereocenters. The molecule has 0 amide bonds. The number of rotatable bonds is 4. The van der Waals surface area contributed by atoms with Gasteiger partial charge < -0.3 is 20.1 Å². The van der Waals surface area contributed by atoms with E-state index in [1.165, 1.54) is 0 Å². The van der Waals surface area contributed by atoms with Gasteiger partial charge in [0, 0.05) is 18.6 Å². The first-order valence-electron chi connectivity index (χ1n) is 6.85. The normalized spacial score (nSPS) is 22.8. The topological polar surface area (TPSA) is 134 Å². The van der Waals surface area contributed by atoms with E-state index >= 15 is 0 Å². The lowest BCUT2D eigenvalue weighted by Crippen LogP contribution is -2.42. The van der Waals surface area contributed by atoms with E-state index in [2.05, 4.69) is 4.18 Å². The van der Waals surface area contributed by atoms with Crippen LogP contribution in [-0.2, 0) is 21.0 Å². The summed E-state index contributed by atoms with van der Waals surface area (Å²) in [6.45, 7) is 0. The molecule has 2 unspecified atom stereocenters. The fourth-order valence-corrected chi connectivity index (χ4v) is 3.17. The van der Waals surface area contributed by atoms with Crippen LogP contribution in [-0.4, -0.2) is 34.1 Å². The maximum atomic E-state index is 11.2. The molecule has 1 aliphatic rings. The fraction of sp³-hybridized carbons (Fsp3) is 0.200. The van der Waals surface area contributed by atoms with Crippen LogP contribution in [0.15, 0.2) is 42.5 Å². The number of hydrogen-bond acceptors (Lipinski definition) is 7. The second-order valence-corrected chi connectivity index (χ2v) is 6.44. The molecule has 24 heavy (non-hydrogen) atoms. The van der Waals surface area contributed by atoms with Crippen molar-refractivity contribution in [3.05, 3.63) is 53.6 Å². The maximum Gasteiger partial charge on any atom is 0.398 e. The predicted octanol–water partition coefficient (Wildman–Crippen LogP) is 1.28. The van der Waals surface area contributed by atoms with Crippen LogP contribution in [0.2, 0.25) is 0 Å². The van der Waals surface area contributed by atoms with Crippen LogP contribution in [0.5, 0.6) is 17.2 Å². The summed E-state index contributed by atoms with van der Waals surface area (Å²) >= 11 is 0. The number of hydrogen-bond donors (Lipinski definition) is 4. The third kappa shape index (κ3) is 3.15. The van der Waals surface area contributed by atoms with Crippen molar-refractivity contribution < 1.29 is 37.2 Å². The number of benzene rings is 2. The Labute approximate surface area is 137 Å². The molecule has 128 valence electrons. The van der Waals surface area contributed by atoms with E-state index in [9.17, 15) is 23.7 Å². The Hall–Kier alpha value is -2.33. The summed E-state index contributed by atoms with van der Waals surface area (Å²) in [6.07, 6.45) is -1.91. The molecule has 8 nitrogen and oxygen atoms in total. The van der Waals surface area contributed by atoms with Crippen molar-refractivity contribution >= 4 is 10.4 Å². The zero-order valence-electron chi connectivity index (χ0n) is 12.2. The first kappa shape index (κ1) is 16.5. The van der Waals surface area contributed by atoms with E-state index in [1.54, 1.807) is 30.3 Å². The third-order valence-corrected chi connectivity index (χ3v) is 4.02. The van der Waals surface area contributed by atoms with Crippen molar-refractivity contribution in [2.45, 2.75) is 18.3 Å². The van der Waals surface area contributed by atoms with Crippen LogP contribution in [0, 0.1) is 0 Å². The molecular formula is C15H14O8S. The Kier molecular flexibility index (Phi) is 3.88. The molecule has 0 aromatic heterocycles. The van der Waals surface area contributed by atoms with Gasteiger partial charge in [0.15, 0.2) is 6.10 Å². The lowest BCUT2D eigenvalue weighted by Gasteiger charge is -2.27. The lowest BCUT2D eigenvalue weighted by molar-refractivity contribution is -0.180. The minimum atomic E-state index is -4.95. The number of phenolic OH excluding ortho intramolecular Hbond substituents is 2.